The monoisotopic (exact) mass is 344 g/mol. The molecule has 1 aliphatic rings. The highest BCUT2D eigenvalue weighted by atomic mass is 16.3. The molecule has 0 spiro atoms. The number of benzene rings is 1. The molecule has 1 aromatic heterocycles. The maximum absolute atomic E-state index is 11.7. The number of aliphatic hydroxyl groups is 1. The van der Waals surface area contributed by atoms with Gasteiger partial charge in [0.15, 0.2) is 0 Å². The van der Waals surface area contributed by atoms with Gasteiger partial charge in [-0.15, -0.1) is 0 Å². The van der Waals surface area contributed by atoms with E-state index in [2.05, 4.69) is 43.2 Å². The summed E-state index contributed by atoms with van der Waals surface area (Å²) >= 11 is 0. The van der Waals surface area contributed by atoms with E-state index < -0.39 is 6.10 Å². The molecule has 2 aromatic rings. The number of aromatic nitrogens is 2. The lowest BCUT2D eigenvalue weighted by atomic mass is 10.1. The Hall–Kier alpha value is -1.92. The number of amides is 1. The van der Waals surface area contributed by atoms with Crippen LogP contribution in [0.4, 0.5) is 0 Å². The zero-order chi connectivity index (χ0) is 18.0. The smallest absolute Gasteiger partial charge is 0.222 e. The van der Waals surface area contributed by atoms with Crippen molar-refractivity contribution in [3.8, 4) is 0 Å². The van der Waals surface area contributed by atoms with Crippen LogP contribution in [0.2, 0.25) is 0 Å². The van der Waals surface area contributed by atoms with Crippen molar-refractivity contribution >= 4 is 16.9 Å². The van der Waals surface area contributed by atoms with Crippen LogP contribution in [0.25, 0.3) is 11.0 Å². The largest absolute Gasteiger partial charge is 0.390 e. The van der Waals surface area contributed by atoms with Crippen LogP contribution in [0.5, 0.6) is 0 Å². The summed E-state index contributed by atoms with van der Waals surface area (Å²) in [6.45, 7) is 8.78. The normalized spacial score (nSPS) is 17.4. The number of carbonyl (C=O) groups excluding carboxylic acids is 1. The number of aliphatic hydroxyl groups excluding tert-OH is 1. The maximum atomic E-state index is 11.7. The molecule has 1 aliphatic heterocycles. The summed E-state index contributed by atoms with van der Waals surface area (Å²) in [6.07, 6.45) is 2.91. The van der Waals surface area contributed by atoms with E-state index in [9.17, 15) is 9.90 Å². The van der Waals surface area contributed by atoms with E-state index in [1.807, 2.05) is 9.47 Å². The molecule has 2 heterocycles. The topological polar surface area (TPSA) is 70.4 Å². The molecular weight excluding hydrogens is 316 g/mol. The number of carbonyl (C=O) groups is 1. The van der Waals surface area contributed by atoms with Crippen LogP contribution in [0.15, 0.2) is 18.5 Å². The van der Waals surface area contributed by atoms with Crippen molar-refractivity contribution in [3.63, 3.8) is 0 Å². The van der Waals surface area contributed by atoms with Crippen LogP contribution in [0, 0.1) is 13.8 Å². The minimum atomic E-state index is -0.504. The Morgan fingerprint density at radius 3 is 2.76 bits per heavy atom. The Morgan fingerprint density at radius 1 is 1.28 bits per heavy atom. The molecule has 1 fully saturated rings. The van der Waals surface area contributed by atoms with Crippen LogP contribution in [-0.2, 0) is 11.3 Å². The van der Waals surface area contributed by atoms with Gasteiger partial charge in [0.1, 0.15) is 0 Å². The molecule has 0 bridgehead atoms. The first kappa shape index (κ1) is 17.9. The number of nitrogens with one attached hydrogen (secondary N) is 1. The number of likely N-dealkylation sites (tertiary alicyclic amines) is 1. The van der Waals surface area contributed by atoms with Gasteiger partial charge in [-0.3, -0.25) is 4.79 Å². The van der Waals surface area contributed by atoms with Gasteiger partial charge >= 0.3 is 0 Å². The van der Waals surface area contributed by atoms with Gasteiger partial charge in [0, 0.05) is 32.1 Å². The summed E-state index contributed by atoms with van der Waals surface area (Å²) in [4.78, 5) is 18.0. The number of rotatable bonds is 7. The minimum Gasteiger partial charge on any atom is -0.390 e. The second kappa shape index (κ2) is 7.54. The standard InChI is InChI=1S/C19H28N4O2/c1-13-7-17-18(8-14(13)2)23(12-21-17)11-16(24)9-20-15(3)10-22-6-4-5-19(22)25/h7-8,12,15-16,20,24H,4-6,9-11H2,1-3H3/t15-,16+/m0/s1. The zero-order valence-corrected chi connectivity index (χ0v) is 15.3. The molecule has 0 saturated carbocycles. The first-order valence-corrected chi connectivity index (χ1v) is 9.05. The average Bonchev–Trinajstić information content (AvgIpc) is 3.13. The first-order valence-electron chi connectivity index (χ1n) is 9.05. The van der Waals surface area contributed by atoms with E-state index in [-0.39, 0.29) is 11.9 Å². The second-order valence-electron chi connectivity index (χ2n) is 7.23. The quantitative estimate of drug-likeness (QED) is 0.801. The van der Waals surface area contributed by atoms with Gasteiger partial charge in [-0.2, -0.15) is 0 Å². The molecule has 6 heteroatoms. The fourth-order valence-electron chi connectivity index (χ4n) is 3.38. The Labute approximate surface area is 148 Å². The van der Waals surface area contributed by atoms with E-state index in [0.29, 0.717) is 26.1 Å². The number of hydrogen-bond donors (Lipinski definition) is 2. The fourth-order valence-corrected chi connectivity index (χ4v) is 3.38. The fraction of sp³-hybridized carbons (Fsp3) is 0.579. The van der Waals surface area contributed by atoms with Crippen molar-refractivity contribution < 1.29 is 9.90 Å². The second-order valence-corrected chi connectivity index (χ2v) is 7.23. The molecule has 25 heavy (non-hydrogen) atoms. The Morgan fingerprint density at radius 2 is 2.04 bits per heavy atom. The third-order valence-corrected chi connectivity index (χ3v) is 5.01. The molecular formula is C19H28N4O2. The number of fused-ring (bicyclic) bond motifs is 1. The molecule has 2 N–H and O–H groups in total. The molecule has 0 aliphatic carbocycles. The SMILES string of the molecule is Cc1cc2ncn(C[C@H](O)CN[C@@H](C)CN3CCCC3=O)c2cc1C. The van der Waals surface area contributed by atoms with E-state index in [0.717, 1.165) is 24.0 Å². The van der Waals surface area contributed by atoms with Crippen molar-refractivity contribution in [2.75, 3.05) is 19.6 Å². The first-order chi connectivity index (χ1) is 11.9. The molecule has 0 radical (unpaired) electrons. The highest BCUT2D eigenvalue weighted by Crippen LogP contribution is 2.18. The van der Waals surface area contributed by atoms with Gasteiger partial charge in [-0.05, 0) is 50.5 Å². The lowest BCUT2D eigenvalue weighted by Crippen LogP contribution is -2.43. The number of imidazole rings is 1. The molecule has 1 aromatic carbocycles. The predicted octanol–water partition coefficient (Wildman–Crippen LogP) is 1.61. The average molecular weight is 344 g/mol. The summed E-state index contributed by atoms with van der Waals surface area (Å²) in [6, 6.07) is 4.38. The molecule has 2 atom stereocenters. The summed E-state index contributed by atoms with van der Waals surface area (Å²) in [5, 5.41) is 13.7. The minimum absolute atomic E-state index is 0.168. The number of nitrogens with zero attached hydrogens (tertiary/aromatic N) is 3. The van der Waals surface area contributed by atoms with Gasteiger partial charge in [-0.25, -0.2) is 4.98 Å². The van der Waals surface area contributed by atoms with E-state index >= 15 is 0 Å². The Bertz CT molecular complexity index is 755. The van der Waals surface area contributed by atoms with Crippen molar-refractivity contribution in [2.45, 2.75) is 52.3 Å². The highest BCUT2D eigenvalue weighted by molar-refractivity contribution is 5.78. The van der Waals surface area contributed by atoms with Gasteiger partial charge in [-0.1, -0.05) is 0 Å². The predicted molar refractivity (Wildman–Crippen MR) is 98.5 cm³/mol. The van der Waals surface area contributed by atoms with E-state index in [1.54, 1.807) is 6.33 Å². The van der Waals surface area contributed by atoms with Crippen molar-refractivity contribution in [1.82, 2.24) is 19.8 Å². The highest BCUT2D eigenvalue weighted by Gasteiger charge is 2.21. The molecule has 3 rings (SSSR count). The third-order valence-electron chi connectivity index (χ3n) is 5.01. The molecule has 1 saturated heterocycles. The lowest BCUT2D eigenvalue weighted by molar-refractivity contribution is -0.127. The van der Waals surface area contributed by atoms with Crippen molar-refractivity contribution in [3.05, 3.63) is 29.6 Å². The van der Waals surface area contributed by atoms with Gasteiger partial charge in [0.25, 0.3) is 0 Å². The van der Waals surface area contributed by atoms with Gasteiger partial charge < -0.3 is 19.9 Å². The van der Waals surface area contributed by atoms with Crippen LogP contribution >= 0.6 is 0 Å². The van der Waals surface area contributed by atoms with Crippen LogP contribution < -0.4 is 5.32 Å². The summed E-state index contributed by atoms with van der Waals surface area (Å²) in [5.74, 6) is 0.241. The van der Waals surface area contributed by atoms with Crippen LogP contribution in [0.3, 0.4) is 0 Å². The molecule has 6 nitrogen and oxygen atoms in total. The van der Waals surface area contributed by atoms with Crippen LogP contribution in [0.1, 0.15) is 30.9 Å². The van der Waals surface area contributed by atoms with E-state index in [1.165, 1.54) is 11.1 Å². The van der Waals surface area contributed by atoms with E-state index in [4.69, 9.17) is 0 Å². The van der Waals surface area contributed by atoms with Gasteiger partial charge in [0.05, 0.1) is 30.0 Å². The third kappa shape index (κ3) is 4.19. The molecule has 136 valence electrons. The van der Waals surface area contributed by atoms with Crippen molar-refractivity contribution in [2.24, 2.45) is 0 Å². The summed E-state index contributed by atoms with van der Waals surface area (Å²) in [5.41, 5.74) is 4.47. The summed E-state index contributed by atoms with van der Waals surface area (Å²) < 4.78 is 2.00. The van der Waals surface area contributed by atoms with Crippen molar-refractivity contribution in [1.29, 1.82) is 0 Å². The zero-order valence-electron chi connectivity index (χ0n) is 15.3. The number of aryl methyl sites for hydroxylation is 2. The Kier molecular flexibility index (Phi) is 5.39. The van der Waals surface area contributed by atoms with Gasteiger partial charge in [0.2, 0.25) is 5.91 Å². The number of hydrogen-bond acceptors (Lipinski definition) is 4. The Balaban J connectivity index is 1.53. The lowest BCUT2D eigenvalue weighted by Gasteiger charge is -2.23. The summed E-state index contributed by atoms with van der Waals surface area (Å²) in [7, 11) is 0. The van der Waals surface area contributed by atoms with Crippen LogP contribution in [-0.4, -0.2) is 57.2 Å². The molecule has 0 unspecified atom stereocenters. The maximum Gasteiger partial charge on any atom is 0.222 e. The molecule has 1 amide bonds.